The summed E-state index contributed by atoms with van der Waals surface area (Å²) in [6, 6.07) is 27.5. The highest BCUT2D eigenvalue weighted by Crippen LogP contribution is 2.31. The summed E-state index contributed by atoms with van der Waals surface area (Å²) in [5, 5.41) is 14.3. The number of para-hydroxylation sites is 1. The summed E-state index contributed by atoms with van der Waals surface area (Å²) < 4.78 is 2.61. The minimum absolute atomic E-state index is 0.0611. The van der Waals surface area contributed by atoms with Crippen LogP contribution in [0.25, 0.3) is 27.6 Å². The van der Waals surface area contributed by atoms with Gasteiger partial charge in [0.1, 0.15) is 17.5 Å². The second-order valence-corrected chi connectivity index (χ2v) is 9.38. The number of alkyl halides is 1. The zero-order chi connectivity index (χ0) is 25.9. The second-order valence-electron chi connectivity index (χ2n) is 8.62. The molecule has 5 aromatic rings. The van der Waals surface area contributed by atoms with Crippen molar-refractivity contribution in [1.29, 1.82) is 5.26 Å². The Balaban J connectivity index is 1.74. The van der Waals surface area contributed by atoms with E-state index in [9.17, 15) is 10.1 Å². The number of nitrogen functional groups attached to an aromatic ring is 1. The van der Waals surface area contributed by atoms with E-state index in [1.54, 1.807) is 4.57 Å². The molecule has 182 valence electrons. The van der Waals surface area contributed by atoms with Crippen LogP contribution in [0.4, 0.5) is 11.8 Å². The number of nitrogens with one attached hydrogen (secondary N) is 1. The number of nitrogens with zero attached hydrogens (tertiary/aromatic N) is 4. The molecule has 0 aliphatic heterocycles. The Hall–Kier alpha value is -4.23. The summed E-state index contributed by atoms with van der Waals surface area (Å²) in [7, 11) is 0. The van der Waals surface area contributed by atoms with Crippen LogP contribution >= 0.6 is 22.6 Å². The number of benzene rings is 3. The van der Waals surface area contributed by atoms with Crippen LogP contribution in [0.15, 0.2) is 89.9 Å². The molecule has 0 amide bonds. The monoisotopic (exact) mass is 598 g/mol. The number of rotatable bonds is 6. The van der Waals surface area contributed by atoms with Crippen LogP contribution in [0.2, 0.25) is 0 Å². The Labute approximate surface area is 227 Å². The Morgan fingerprint density at radius 2 is 1.86 bits per heavy atom. The summed E-state index contributed by atoms with van der Waals surface area (Å²) in [4.78, 5) is 22.4. The minimum Gasteiger partial charge on any atom is -0.368 e. The van der Waals surface area contributed by atoms with Crippen LogP contribution < -0.4 is 16.6 Å². The molecule has 0 radical (unpaired) electrons. The number of nitriles is 1. The first-order chi connectivity index (χ1) is 18.0. The third-order valence-corrected chi connectivity index (χ3v) is 7.09. The van der Waals surface area contributed by atoms with Crippen LogP contribution in [-0.2, 0) is 4.43 Å². The van der Waals surface area contributed by atoms with Gasteiger partial charge in [0, 0.05) is 15.8 Å². The summed E-state index contributed by atoms with van der Waals surface area (Å²) in [5.41, 5.74) is 10.5. The molecule has 0 saturated heterocycles. The van der Waals surface area contributed by atoms with Gasteiger partial charge in [-0.2, -0.15) is 10.2 Å². The lowest BCUT2D eigenvalue weighted by molar-refractivity contribution is 0.772. The van der Waals surface area contributed by atoms with E-state index in [-0.39, 0.29) is 23.1 Å². The lowest BCUT2D eigenvalue weighted by Crippen LogP contribution is -2.26. The Kier molecular flexibility index (Phi) is 6.88. The molecule has 5 rings (SSSR count). The molecule has 7 nitrogen and oxygen atoms in total. The summed E-state index contributed by atoms with van der Waals surface area (Å²) in [6.07, 6.45) is 1.39. The first-order valence-corrected chi connectivity index (χ1v) is 13.2. The Morgan fingerprint density at radius 1 is 1.08 bits per heavy atom. The van der Waals surface area contributed by atoms with Crippen molar-refractivity contribution in [3.05, 3.63) is 112 Å². The predicted molar refractivity (Wildman–Crippen MR) is 156 cm³/mol. The maximum Gasteiger partial charge on any atom is 0.263 e. The number of hydrogen-bond acceptors (Lipinski definition) is 6. The SMILES string of the molecule is C[C@H](Nc1nc(N)ncc1C#N)c1cc2cccc(-c3cccc(CI)c3)c2c(=O)n1-c1ccccc1. The predicted octanol–water partition coefficient (Wildman–Crippen LogP) is 6.01. The smallest absolute Gasteiger partial charge is 0.263 e. The highest BCUT2D eigenvalue weighted by atomic mass is 127. The van der Waals surface area contributed by atoms with Crippen LogP contribution in [0, 0.1) is 11.3 Å². The standard InChI is InChI=1S/C29H23IN6O/c1-18(34-27-22(16-31)17-33-29(32)35-27)25-14-21-9-6-12-24(20-8-5-7-19(13-20)15-30)26(21)28(37)36(25)23-10-3-2-4-11-23/h2-14,17-18H,15H2,1H3,(H3,32,33,34,35)/t18-/m0/s1. The van der Waals surface area contributed by atoms with E-state index in [1.807, 2.05) is 73.7 Å². The van der Waals surface area contributed by atoms with Gasteiger partial charge in [0.15, 0.2) is 0 Å². The maximum atomic E-state index is 14.3. The summed E-state index contributed by atoms with van der Waals surface area (Å²) in [6.45, 7) is 1.92. The van der Waals surface area contributed by atoms with Crippen molar-refractivity contribution < 1.29 is 0 Å². The van der Waals surface area contributed by atoms with E-state index in [2.05, 4.69) is 56.1 Å². The van der Waals surface area contributed by atoms with Gasteiger partial charge >= 0.3 is 0 Å². The fraction of sp³-hybridized carbons (Fsp3) is 0.103. The zero-order valence-electron chi connectivity index (χ0n) is 20.0. The molecule has 0 saturated carbocycles. The Bertz CT molecular complexity index is 1710. The van der Waals surface area contributed by atoms with Crippen molar-refractivity contribution in [2.75, 3.05) is 11.1 Å². The average Bonchev–Trinajstić information content (AvgIpc) is 2.93. The van der Waals surface area contributed by atoms with Gasteiger partial charge in [-0.25, -0.2) is 4.98 Å². The number of aromatic nitrogens is 3. The lowest BCUT2D eigenvalue weighted by Gasteiger charge is -2.22. The molecular formula is C29H23IN6O. The van der Waals surface area contributed by atoms with E-state index in [0.717, 1.165) is 32.3 Å². The molecule has 0 bridgehead atoms. The molecule has 37 heavy (non-hydrogen) atoms. The number of anilines is 2. The van der Waals surface area contributed by atoms with Crippen LogP contribution in [0.3, 0.4) is 0 Å². The van der Waals surface area contributed by atoms with Crippen LogP contribution in [0.5, 0.6) is 0 Å². The molecule has 1 atom stereocenters. The second kappa shape index (κ2) is 10.4. The van der Waals surface area contributed by atoms with E-state index in [4.69, 9.17) is 5.73 Å². The van der Waals surface area contributed by atoms with Gasteiger partial charge in [0.05, 0.1) is 17.6 Å². The fourth-order valence-corrected chi connectivity index (χ4v) is 4.95. The van der Waals surface area contributed by atoms with E-state index in [1.165, 1.54) is 11.8 Å². The molecule has 8 heteroatoms. The number of nitrogens with two attached hydrogens (primary N) is 1. The zero-order valence-corrected chi connectivity index (χ0v) is 22.2. The van der Waals surface area contributed by atoms with E-state index >= 15 is 0 Å². The number of fused-ring (bicyclic) bond motifs is 1. The molecule has 0 fully saturated rings. The van der Waals surface area contributed by atoms with Gasteiger partial charge < -0.3 is 11.1 Å². The third kappa shape index (κ3) is 4.78. The molecule has 2 aromatic heterocycles. The number of pyridine rings is 1. The van der Waals surface area contributed by atoms with Gasteiger partial charge in [-0.15, -0.1) is 0 Å². The molecule has 0 unspecified atom stereocenters. The minimum atomic E-state index is -0.385. The average molecular weight is 598 g/mol. The van der Waals surface area contributed by atoms with Crippen molar-refractivity contribution >= 4 is 45.1 Å². The molecule has 0 aliphatic rings. The largest absolute Gasteiger partial charge is 0.368 e. The molecule has 3 N–H and O–H groups in total. The first kappa shape index (κ1) is 24.5. The third-order valence-electron chi connectivity index (χ3n) is 6.21. The number of hydrogen-bond donors (Lipinski definition) is 2. The van der Waals surface area contributed by atoms with Crippen molar-refractivity contribution in [3.8, 4) is 22.9 Å². The van der Waals surface area contributed by atoms with Crippen LogP contribution in [-0.4, -0.2) is 14.5 Å². The molecule has 0 spiro atoms. The van der Waals surface area contributed by atoms with Gasteiger partial charge in [0.25, 0.3) is 5.56 Å². The highest BCUT2D eigenvalue weighted by molar-refractivity contribution is 14.1. The number of halogens is 1. The van der Waals surface area contributed by atoms with Crippen molar-refractivity contribution in [2.24, 2.45) is 0 Å². The normalized spacial score (nSPS) is 11.7. The molecule has 3 aromatic carbocycles. The van der Waals surface area contributed by atoms with Crippen molar-refractivity contribution in [3.63, 3.8) is 0 Å². The van der Waals surface area contributed by atoms with Crippen LogP contribution in [0.1, 0.15) is 29.8 Å². The van der Waals surface area contributed by atoms with Gasteiger partial charge in [-0.05, 0) is 47.2 Å². The van der Waals surface area contributed by atoms with Gasteiger partial charge in [0.2, 0.25) is 5.95 Å². The van der Waals surface area contributed by atoms with E-state index in [0.29, 0.717) is 11.2 Å². The molecule has 2 heterocycles. The molecular weight excluding hydrogens is 575 g/mol. The maximum absolute atomic E-state index is 14.3. The molecule has 0 aliphatic carbocycles. The van der Waals surface area contributed by atoms with Crippen molar-refractivity contribution in [1.82, 2.24) is 14.5 Å². The Morgan fingerprint density at radius 3 is 2.62 bits per heavy atom. The summed E-state index contributed by atoms with van der Waals surface area (Å²) >= 11 is 2.34. The lowest BCUT2D eigenvalue weighted by atomic mass is 9.97. The topological polar surface area (TPSA) is 110 Å². The quantitative estimate of drug-likeness (QED) is 0.183. The summed E-state index contributed by atoms with van der Waals surface area (Å²) in [5.74, 6) is 0.380. The van der Waals surface area contributed by atoms with Gasteiger partial charge in [-0.1, -0.05) is 83.3 Å². The van der Waals surface area contributed by atoms with Crippen molar-refractivity contribution in [2.45, 2.75) is 17.4 Å². The highest BCUT2D eigenvalue weighted by Gasteiger charge is 2.20. The first-order valence-electron chi connectivity index (χ1n) is 11.7. The fourth-order valence-electron chi connectivity index (χ4n) is 4.47. The van der Waals surface area contributed by atoms with E-state index < -0.39 is 0 Å². The van der Waals surface area contributed by atoms with Gasteiger partial charge in [-0.3, -0.25) is 9.36 Å².